The lowest BCUT2D eigenvalue weighted by Gasteiger charge is -2.06. The molecule has 1 atom stereocenters. The highest BCUT2D eigenvalue weighted by molar-refractivity contribution is 5.80. The van der Waals surface area contributed by atoms with Crippen LogP contribution in [0, 0.1) is 5.92 Å². The minimum atomic E-state index is -0.370. The molecule has 0 aromatic rings. The van der Waals surface area contributed by atoms with E-state index in [9.17, 15) is 4.79 Å². The second kappa shape index (κ2) is 4.45. The summed E-state index contributed by atoms with van der Waals surface area (Å²) in [6, 6.07) is -0.370. The highest BCUT2D eigenvalue weighted by Gasteiger charge is 2.20. The van der Waals surface area contributed by atoms with Crippen molar-refractivity contribution in [2.45, 2.75) is 38.6 Å². The van der Waals surface area contributed by atoms with Gasteiger partial charge in [-0.1, -0.05) is 12.8 Å². The van der Waals surface area contributed by atoms with E-state index in [1.165, 1.54) is 19.3 Å². The van der Waals surface area contributed by atoms with Crippen molar-refractivity contribution in [3.8, 4) is 0 Å². The summed E-state index contributed by atoms with van der Waals surface area (Å²) in [7, 11) is 0. The molecular weight excluding hydrogens is 152 g/mol. The van der Waals surface area contributed by atoms with Crippen LogP contribution in [0.15, 0.2) is 0 Å². The Morgan fingerprint density at radius 2 is 2.33 bits per heavy atom. The standard InChI is InChI=1S/C9H18N2O/c1-7(10)9(12)11-6-2-3-8-4-5-8/h7-8H,2-6,10H2,1H3,(H,11,12)/t7-/m0/s1. The monoisotopic (exact) mass is 170 g/mol. The Bertz CT molecular complexity index is 153. The van der Waals surface area contributed by atoms with Gasteiger partial charge in [0.05, 0.1) is 6.04 Å². The second-order valence-corrected chi connectivity index (χ2v) is 3.67. The van der Waals surface area contributed by atoms with Crippen LogP contribution in [-0.4, -0.2) is 18.5 Å². The van der Waals surface area contributed by atoms with Crippen LogP contribution < -0.4 is 11.1 Å². The summed E-state index contributed by atoms with van der Waals surface area (Å²) in [6.45, 7) is 2.49. The van der Waals surface area contributed by atoms with Gasteiger partial charge in [-0.25, -0.2) is 0 Å². The maximum absolute atomic E-state index is 11.0. The summed E-state index contributed by atoms with van der Waals surface area (Å²) in [5.74, 6) is 0.919. The third-order valence-corrected chi connectivity index (χ3v) is 2.20. The Morgan fingerprint density at radius 1 is 1.67 bits per heavy atom. The van der Waals surface area contributed by atoms with Crippen LogP contribution in [0.25, 0.3) is 0 Å². The van der Waals surface area contributed by atoms with E-state index in [2.05, 4.69) is 5.32 Å². The highest BCUT2D eigenvalue weighted by Crippen LogP contribution is 2.33. The van der Waals surface area contributed by atoms with E-state index in [0.717, 1.165) is 18.9 Å². The van der Waals surface area contributed by atoms with Gasteiger partial charge in [0.2, 0.25) is 5.91 Å². The van der Waals surface area contributed by atoms with E-state index < -0.39 is 0 Å². The molecule has 70 valence electrons. The molecule has 3 N–H and O–H groups in total. The smallest absolute Gasteiger partial charge is 0.236 e. The summed E-state index contributed by atoms with van der Waals surface area (Å²) in [4.78, 5) is 11.0. The molecule has 0 aliphatic heterocycles. The van der Waals surface area contributed by atoms with Crippen molar-refractivity contribution < 1.29 is 4.79 Å². The third-order valence-electron chi connectivity index (χ3n) is 2.20. The predicted octanol–water partition coefficient (Wildman–Crippen LogP) is 0.640. The average Bonchev–Trinajstić information content (AvgIpc) is 2.80. The van der Waals surface area contributed by atoms with Crippen LogP contribution in [0.1, 0.15) is 32.6 Å². The lowest BCUT2D eigenvalue weighted by Crippen LogP contribution is -2.38. The van der Waals surface area contributed by atoms with Crippen molar-refractivity contribution in [3.05, 3.63) is 0 Å². The van der Waals surface area contributed by atoms with Crippen LogP contribution in [0.2, 0.25) is 0 Å². The molecule has 0 bridgehead atoms. The second-order valence-electron chi connectivity index (χ2n) is 3.67. The van der Waals surface area contributed by atoms with Gasteiger partial charge in [-0.05, 0) is 25.7 Å². The van der Waals surface area contributed by atoms with E-state index in [1.807, 2.05) is 0 Å². The Balaban J connectivity index is 1.90. The van der Waals surface area contributed by atoms with E-state index in [0.29, 0.717) is 0 Å². The lowest BCUT2D eigenvalue weighted by molar-refractivity contribution is -0.121. The topological polar surface area (TPSA) is 55.1 Å². The summed E-state index contributed by atoms with van der Waals surface area (Å²) < 4.78 is 0. The van der Waals surface area contributed by atoms with Crippen molar-refractivity contribution in [1.29, 1.82) is 0 Å². The molecule has 1 amide bonds. The van der Waals surface area contributed by atoms with Gasteiger partial charge < -0.3 is 11.1 Å². The van der Waals surface area contributed by atoms with E-state index in [1.54, 1.807) is 6.92 Å². The average molecular weight is 170 g/mol. The molecule has 1 rings (SSSR count). The summed E-state index contributed by atoms with van der Waals surface area (Å²) in [6.07, 6.45) is 5.14. The Kier molecular flexibility index (Phi) is 3.53. The van der Waals surface area contributed by atoms with Gasteiger partial charge in [-0.15, -0.1) is 0 Å². The molecule has 1 aliphatic rings. The van der Waals surface area contributed by atoms with Crippen molar-refractivity contribution in [3.63, 3.8) is 0 Å². The first-order valence-corrected chi connectivity index (χ1v) is 4.73. The van der Waals surface area contributed by atoms with Crippen molar-refractivity contribution in [2.24, 2.45) is 11.7 Å². The lowest BCUT2D eigenvalue weighted by atomic mass is 10.2. The number of carbonyl (C=O) groups excluding carboxylic acids is 1. The number of rotatable bonds is 5. The largest absolute Gasteiger partial charge is 0.355 e. The van der Waals surface area contributed by atoms with Crippen LogP contribution in [0.4, 0.5) is 0 Å². The molecule has 0 heterocycles. The molecule has 3 heteroatoms. The van der Waals surface area contributed by atoms with Gasteiger partial charge in [0.15, 0.2) is 0 Å². The fourth-order valence-electron chi connectivity index (χ4n) is 1.17. The Labute approximate surface area is 73.7 Å². The SMILES string of the molecule is C[C@H](N)C(=O)NCCCC1CC1. The number of amides is 1. The summed E-state index contributed by atoms with van der Waals surface area (Å²) >= 11 is 0. The van der Waals surface area contributed by atoms with Crippen molar-refractivity contribution in [2.75, 3.05) is 6.54 Å². The zero-order valence-electron chi connectivity index (χ0n) is 7.68. The molecular formula is C9H18N2O. The maximum Gasteiger partial charge on any atom is 0.236 e. The molecule has 0 radical (unpaired) electrons. The van der Waals surface area contributed by atoms with Gasteiger partial charge in [-0.2, -0.15) is 0 Å². The molecule has 12 heavy (non-hydrogen) atoms. The predicted molar refractivity (Wildman–Crippen MR) is 48.6 cm³/mol. The van der Waals surface area contributed by atoms with Crippen molar-refractivity contribution in [1.82, 2.24) is 5.32 Å². The molecule has 0 spiro atoms. The quantitative estimate of drug-likeness (QED) is 0.595. The van der Waals surface area contributed by atoms with Crippen molar-refractivity contribution >= 4 is 5.91 Å². The molecule has 0 aromatic heterocycles. The van der Waals surface area contributed by atoms with Crippen LogP contribution in [0.3, 0.4) is 0 Å². The first-order valence-electron chi connectivity index (χ1n) is 4.73. The first kappa shape index (κ1) is 9.52. The Hall–Kier alpha value is -0.570. The molecule has 0 unspecified atom stereocenters. The molecule has 0 saturated heterocycles. The Morgan fingerprint density at radius 3 is 2.83 bits per heavy atom. The number of carbonyl (C=O) groups is 1. The number of hydrogen-bond acceptors (Lipinski definition) is 2. The molecule has 0 aromatic carbocycles. The van der Waals surface area contributed by atoms with Crippen LogP contribution in [0.5, 0.6) is 0 Å². The zero-order valence-corrected chi connectivity index (χ0v) is 7.68. The molecule has 1 fully saturated rings. The number of nitrogens with two attached hydrogens (primary N) is 1. The normalized spacial score (nSPS) is 18.8. The molecule has 1 aliphatic carbocycles. The first-order chi connectivity index (χ1) is 5.70. The van der Waals surface area contributed by atoms with E-state index in [-0.39, 0.29) is 11.9 Å². The zero-order chi connectivity index (χ0) is 8.97. The number of nitrogens with one attached hydrogen (secondary N) is 1. The fraction of sp³-hybridized carbons (Fsp3) is 0.889. The maximum atomic E-state index is 11.0. The van der Waals surface area contributed by atoms with E-state index >= 15 is 0 Å². The minimum Gasteiger partial charge on any atom is -0.355 e. The van der Waals surface area contributed by atoms with Gasteiger partial charge in [-0.3, -0.25) is 4.79 Å². The number of hydrogen-bond donors (Lipinski definition) is 2. The minimum absolute atomic E-state index is 0.0363. The van der Waals surface area contributed by atoms with Crippen LogP contribution in [-0.2, 0) is 4.79 Å². The molecule has 1 saturated carbocycles. The fourth-order valence-corrected chi connectivity index (χ4v) is 1.17. The van der Waals surface area contributed by atoms with Gasteiger partial charge in [0, 0.05) is 6.54 Å². The third kappa shape index (κ3) is 3.72. The van der Waals surface area contributed by atoms with Gasteiger partial charge in [0.25, 0.3) is 0 Å². The highest BCUT2D eigenvalue weighted by atomic mass is 16.2. The summed E-state index contributed by atoms with van der Waals surface area (Å²) in [5, 5.41) is 2.80. The van der Waals surface area contributed by atoms with Crippen LogP contribution >= 0.6 is 0 Å². The van der Waals surface area contributed by atoms with Gasteiger partial charge >= 0.3 is 0 Å². The van der Waals surface area contributed by atoms with Gasteiger partial charge in [0.1, 0.15) is 0 Å². The molecule has 3 nitrogen and oxygen atoms in total. The summed E-state index contributed by atoms with van der Waals surface area (Å²) in [5.41, 5.74) is 5.38. The van der Waals surface area contributed by atoms with E-state index in [4.69, 9.17) is 5.73 Å².